The normalized spacial score (nSPS) is 16.1. The molecular weight excluding hydrogens is 466 g/mol. The van der Waals surface area contributed by atoms with Gasteiger partial charge in [-0.05, 0) is 57.0 Å². The van der Waals surface area contributed by atoms with E-state index in [2.05, 4.69) is 47.2 Å². The number of guanidine groups is 1. The summed E-state index contributed by atoms with van der Waals surface area (Å²) in [5.41, 5.74) is 8.20. The van der Waals surface area contributed by atoms with Gasteiger partial charge >= 0.3 is 0 Å². The number of ether oxygens (including phenoxy) is 1. The number of nitrogens with one attached hydrogen (secondary N) is 1. The average molecular weight is 481 g/mol. The second-order valence-electron chi connectivity index (χ2n) is 5.67. The van der Waals surface area contributed by atoms with Gasteiger partial charge in [-0.15, -0.1) is 0 Å². The SMILES string of the molecule is CCOc1cc(Br)c(Br)c([C@@H]2N=C(N)Nc3nc4ccccc4n32)c1O. The fourth-order valence-corrected chi connectivity index (χ4v) is 3.95. The molecule has 0 radical (unpaired) electrons. The van der Waals surface area contributed by atoms with Crippen molar-refractivity contribution < 1.29 is 9.84 Å². The maximum atomic E-state index is 10.9. The molecular formula is C17H15Br2N5O2. The zero-order valence-electron chi connectivity index (χ0n) is 13.7. The zero-order valence-corrected chi connectivity index (χ0v) is 16.9. The van der Waals surface area contributed by atoms with E-state index in [-0.39, 0.29) is 11.7 Å². The number of phenols is 1. The van der Waals surface area contributed by atoms with Gasteiger partial charge in [0.2, 0.25) is 5.95 Å². The molecule has 0 bridgehead atoms. The highest BCUT2D eigenvalue weighted by atomic mass is 79.9. The minimum absolute atomic E-state index is 0.00843. The molecule has 0 aliphatic carbocycles. The Kier molecular flexibility index (Phi) is 4.28. The van der Waals surface area contributed by atoms with Gasteiger partial charge in [0.05, 0.1) is 23.2 Å². The van der Waals surface area contributed by atoms with Crippen LogP contribution in [0, 0.1) is 0 Å². The van der Waals surface area contributed by atoms with Gasteiger partial charge in [-0.1, -0.05) is 12.1 Å². The highest BCUT2D eigenvalue weighted by molar-refractivity contribution is 9.13. The molecule has 4 N–H and O–H groups in total. The molecule has 9 heteroatoms. The van der Waals surface area contributed by atoms with E-state index in [0.29, 0.717) is 28.3 Å². The molecule has 26 heavy (non-hydrogen) atoms. The quantitative estimate of drug-likeness (QED) is 0.527. The predicted molar refractivity (Wildman–Crippen MR) is 108 cm³/mol. The number of imidazole rings is 1. The lowest BCUT2D eigenvalue weighted by Gasteiger charge is -2.26. The summed E-state index contributed by atoms with van der Waals surface area (Å²) < 4.78 is 8.88. The summed E-state index contributed by atoms with van der Waals surface area (Å²) in [5.74, 6) is 1.17. The number of halogens is 2. The maximum absolute atomic E-state index is 10.9. The summed E-state index contributed by atoms with van der Waals surface area (Å²) >= 11 is 7.05. The molecule has 0 spiro atoms. The van der Waals surface area contributed by atoms with Gasteiger partial charge in [0, 0.05) is 8.95 Å². The van der Waals surface area contributed by atoms with Crippen molar-refractivity contribution in [2.45, 2.75) is 13.1 Å². The fourth-order valence-electron chi connectivity index (χ4n) is 3.02. The number of hydrogen-bond acceptors (Lipinski definition) is 6. The van der Waals surface area contributed by atoms with Crippen molar-refractivity contribution in [3.63, 3.8) is 0 Å². The molecule has 0 unspecified atom stereocenters. The molecule has 1 aliphatic rings. The van der Waals surface area contributed by atoms with Crippen LogP contribution in [-0.4, -0.2) is 27.2 Å². The first-order valence-corrected chi connectivity index (χ1v) is 9.50. The fraction of sp³-hybridized carbons (Fsp3) is 0.176. The monoisotopic (exact) mass is 479 g/mol. The molecule has 0 saturated carbocycles. The first kappa shape index (κ1) is 17.2. The number of aromatic hydroxyl groups is 1. The van der Waals surface area contributed by atoms with E-state index in [4.69, 9.17) is 10.5 Å². The second kappa shape index (κ2) is 6.48. The number of nitrogens with two attached hydrogens (primary N) is 1. The Morgan fingerprint density at radius 2 is 2.12 bits per heavy atom. The van der Waals surface area contributed by atoms with Crippen LogP contribution in [0.1, 0.15) is 18.7 Å². The van der Waals surface area contributed by atoms with Crippen molar-refractivity contribution >= 4 is 54.8 Å². The standard InChI is InChI=1S/C17H15Br2N5O2/c1-2-26-11-7-8(18)13(19)12(14(11)25)15-22-16(20)23-17-21-9-5-3-4-6-10(9)24(15)17/h3-7,15,25H,2H2,1H3,(H3,20,21,22,23)/t15-/m1/s1. The number of anilines is 1. The van der Waals surface area contributed by atoms with Crippen LogP contribution in [0.5, 0.6) is 11.5 Å². The van der Waals surface area contributed by atoms with Crippen molar-refractivity contribution in [3.05, 3.63) is 44.8 Å². The van der Waals surface area contributed by atoms with Crippen molar-refractivity contribution in [1.82, 2.24) is 9.55 Å². The topological polar surface area (TPSA) is 97.7 Å². The Balaban J connectivity index is 2.01. The van der Waals surface area contributed by atoms with Crippen LogP contribution in [-0.2, 0) is 0 Å². The number of aromatic nitrogens is 2. The highest BCUT2D eigenvalue weighted by Crippen LogP contribution is 2.47. The van der Waals surface area contributed by atoms with Crippen LogP contribution in [0.2, 0.25) is 0 Å². The molecule has 3 aromatic rings. The predicted octanol–water partition coefficient (Wildman–Crippen LogP) is 3.95. The summed E-state index contributed by atoms with van der Waals surface area (Å²) in [4.78, 5) is 9.09. The minimum atomic E-state index is -0.607. The lowest BCUT2D eigenvalue weighted by molar-refractivity contribution is 0.314. The Morgan fingerprint density at radius 1 is 1.35 bits per heavy atom. The van der Waals surface area contributed by atoms with Gasteiger partial charge in [0.1, 0.15) is 0 Å². The van der Waals surface area contributed by atoms with Crippen LogP contribution in [0.4, 0.5) is 5.95 Å². The summed E-state index contributed by atoms with van der Waals surface area (Å²) in [6.07, 6.45) is -0.607. The summed E-state index contributed by atoms with van der Waals surface area (Å²) in [5, 5.41) is 13.8. The Hall–Kier alpha value is -2.26. The lowest BCUT2D eigenvalue weighted by atomic mass is 10.1. The van der Waals surface area contributed by atoms with Gasteiger partial charge in [-0.25, -0.2) is 9.98 Å². The van der Waals surface area contributed by atoms with Gasteiger partial charge < -0.3 is 15.6 Å². The van der Waals surface area contributed by atoms with E-state index in [0.717, 1.165) is 15.5 Å². The van der Waals surface area contributed by atoms with E-state index in [1.54, 1.807) is 6.07 Å². The van der Waals surface area contributed by atoms with Gasteiger partial charge in [0.15, 0.2) is 23.6 Å². The molecule has 2 heterocycles. The van der Waals surface area contributed by atoms with Crippen LogP contribution < -0.4 is 15.8 Å². The van der Waals surface area contributed by atoms with Gasteiger partial charge in [-0.2, -0.15) is 0 Å². The van der Waals surface area contributed by atoms with Crippen molar-refractivity contribution in [1.29, 1.82) is 0 Å². The van der Waals surface area contributed by atoms with Crippen LogP contribution in [0.25, 0.3) is 11.0 Å². The number of para-hydroxylation sites is 2. The summed E-state index contributed by atoms with van der Waals surface area (Å²) in [6.45, 7) is 2.29. The number of benzene rings is 2. The Labute approximate surface area is 166 Å². The number of rotatable bonds is 3. The van der Waals surface area contributed by atoms with E-state index >= 15 is 0 Å². The average Bonchev–Trinajstić information content (AvgIpc) is 2.98. The summed E-state index contributed by atoms with van der Waals surface area (Å²) in [6, 6.07) is 9.42. The largest absolute Gasteiger partial charge is 0.504 e. The van der Waals surface area contributed by atoms with Gasteiger partial charge in [0.25, 0.3) is 0 Å². The smallest absolute Gasteiger partial charge is 0.212 e. The minimum Gasteiger partial charge on any atom is -0.504 e. The zero-order chi connectivity index (χ0) is 18.4. The molecule has 2 aromatic carbocycles. The molecule has 134 valence electrons. The molecule has 1 atom stereocenters. The Bertz CT molecular complexity index is 1050. The van der Waals surface area contributed by atoms with Crippen LogP contribution in [0.3, 0.4) is 0 Å². The van der Waals surface area contributed by atoms with E-state index in [1.165, 1.54) is 0 Å². The molecule has 0 amide bonds. The van der Waals surface area contributed by atoms with Crippen LogP contribution in [0.15, 0.2) is 44.3 Å². The van der Waals surface area contributed by atoms with Crippen molar-refractivity contribution in [2.75, 3.05) is 11.9 Å². The number of aliphatic imine (C=N–C) groups is 1. The lowest BCUT2D eigenvalue weighted by Crippen LogP contribution is -2.31. The third-order valence-electron chi connectivity index (χ3n) is 4.09. The third-order valence-corrected chi connectivity index (χ3v) is 6.10. The molecule has 0 fully saturated rings. The number of hydrogen-bond donors (Lipinski definition) is 3. The Morgan fingerprint density at radius 3 is 2.88 bits per heavy atom. The molecule has 1 aromatic heterocycles. The van der Waals surface area contributed by atoms with Crippen molar-refractivity contribution in [3.8, 4) is 11.5 Å². The molecule has 7 nitrogen and oxygen atoms in total. The second-order valence-corrected chi connectivity index (χ2v) is 7.32. The molecule has 1 aliphatic heterocycles. The van der Waals surface area contributed by atoms with E-state index in [9.17, 15) is 5.11 Å². The number of nitrogens with zero attached hydrogens (tertiary/aromatic N) is 3. The summed E-state index contributed by atoms with van der Waals surface area (Å²) in [7, 11) is 0. The molecule has 4 rings (SSSR count). The number of phenolic OH excluding ortho intramolecular Hbond substituents is 1. The van der Waals surface area contributed by atoms with Gasteiger partial charge in [-0.3, -0.25) is 9.88 Å². The van der Waals surface area contributed by atoms with E-state index in [1.807, 2.05) is 35.8 Å². The number of fused-ring (bicyclic) bond motifs is 3. The molecule has 0 saturated heterocycles. The third kappa shape index (κ3) is 2.62. The first-order chi connectivity index (χ1) is 12.5. The van der Waals surface area contributed by atoms with Crippen LogP contribution >= 0.6 is 31.9 Å². The maximum Gasteiger partial charge on any atom is 0.212 e. The van der Waals surface area contributed by atoms with E-state index < -0.39 is 6.17 Å². The first-order valence-electron chi connectivity index (χ1n) is 7.92. The highest BCUT2D eigenvalue weighted by Gasteiger charge is 2.31. The van der Waals surface area contributed by atoms with Crippen molar-refractivity contribution in [2.24, 2.45) is 10.7 Å².